The van der Waals surface area contributed by atoms with E-state index in [-0.39, 0.29) is 0 Å². The summed E-state index contributed by atoms with van der Waals surface area (Å²) in [6, 6.07) is 13.9. The fraction of sp³-hybridized carbons (Fsp3) is 0.406. The second-order valence-electron chi connectivity index (χ2n) is 9.86. The van der Waals surface area contributed by atoms with Gasteiger partial charge in [0.25, 0.3) is 0 Å². The number of nitrogens with zero attached hydrogens (tertiary/aromatic N) is 5. The summed E-state index contributed by atoms with van der Waals surface area (Å²) < 4.78 is 23.2. The highest BCUT2D eigenvalue weighted by Gasteiger charge is 2.22. The van der Waals surface area contributed by atoms with Crippen molar-refractivity contribution >= 4 is 34.0 Å². The Morgan fingerprint density at radius 3 is 1.98 bits per heavy atom. The summed E-state index contributed by atoms with van der Waals surface area (Å²) in [7, 11) is 0. The molecule has 0 spiro atoms. The summed E-state index contributed by atoms with van der Waals surface area (Å²) in [6.45, 7) is 15.5. The molecule has 0 aliphatic carbocycles. The van der Waals surface area contributed by atoms with E-state index < -0.39 is 0 Å². The van der Waals surface area contributed by atoms with Crippen LogP contribution in [0.5, 0.6) is 23.0 Å². The van der Waals surface area contributed by atoms with Crippen LogP contribution in [0.15, 0.2) is 48.7 Å². The van der Waals surface area contributed by atoms with Crippen molar-refractivity contribution in [1.29, 1.82) is 0 Å². The van der Waals surface area contributed by atoms with Gasteiger partial charge in [-0.1, -0.05) is 0 Å². The highest BCUT2D eigenvalue weighted by molar-refractivity contribution is 5.94. The molecule has 2 aromatic heterocycles. The quantitative estimate of drug-likeness (QED) is 0.218. The monoisotopic (exact) mass is 572 g/mol. The normalized spacial score (nSPS) is 13.3. The zero-order valence-corrected chi connectivity index (χ0v) is 25.1. The van der Waals surface area contributed by atoms with Gasteiger partial charge in [-0.05, 0) is 46.8 Å². The van der Waals surface area contributed by atoms with Crippen molar-refractivity contribution < 1.29 is 18.9 Å². The molecule has 1 saturated heterocycles. The van der Waals surface area contributed by atoms with Crippen molar-refractivity contribution in [3.63, 3.8) is 0 Å². The first-order chi connectivity index (χ1) is 20.5. The second-order valence-corrected chi connectivity index (χ2v) is 9.86. The molecule has 1 N–H and O–H groups in total. The molecule has 3 heterocycles. The van der Waals surface area contributed by atoms with Crippen LogP contribution >= 0.6 is 0 Å². The van der Waals surface area contributed by atoms with Crippen molar-refractivity contribution in [3.05, 3.63) is 54.4 Å². The van der Waals surface area contributed by atoms with Gasteiger partial charge in [-0.3, -0.25) is 4.98 Å². The Labute approximate surface area is 247 Å². The van der Waals surface area contributed by atoms with Gasteiger partial charge in [0.1, 0.15) is 17.3 Å². The van der Waals surface area contributed by atoms with E-state index in [1.807, 2.05) is 71.1 Å². The molecule has 222 valence electrons. The zero-order valence-electron chi connectivity index (χ0n) is 25.1. The Balaban J connectivity index is 1.33. The van der Waals surface area contributed by atoms with Crippen molar-refractivity contribution in [2.75, 3.05) is 67.7 Å². The molecule has 0 unspecified atom stereocenters. The predicted octanol–water partition coefficient (Wildman–Crippen LogP) is 6.00. The van der Waals surface area contributed by atoms with E-state index in [0.29, 0.717) is 32.4 Å². The number of pyridine rings is 1. The van der Waals surface area contributed by atoms with E-state index in [4.69, 9.17) is 23.9 Å². The molecule has 0 bridgehead atoms. The van der Waals surface area contributed by atoms with E-state index in [9.17, 15) is 0 Å². The van der Waals surface area contributed by atoms with Crippen LogP contribution in [-0.2, 0) is 0 Å². The lowest BCUT2D eigenvalue weighted by molar-refractivity contribution is 0.288. The minimum atomic E-state index is 0.539. The van der Waals surface area contributed by atoms with Gasteiger partial charge >= 0.3 is 0 Å². The number of ether oxygens (including phenoxy) is 4. The van der Waals surface area contributed by atoms with Crippen molar-refractivity contribution in [3.8, 4) is 23.0 Å². The number of fused-ring (bicyclic) bond motifs is 1. The number of hydrogen-bond acceptors (Lipinski definition) is 10. The first kappa shape index (κ1) is 29.0. The number of aryl methyl sites for hydroxylation is 1. The van der Waals surface area contributed by atoms with Gasteiger partial charge in [0.05, 0.1) is 31.9 Å². The van der Waals surface area contributed by atoms with Crippen LogP contribution in [0.1, 0.15) is 33.4 Å². The first-order valence-electron chi connectivity index (χ1n) is 14.7. The third kappa shape index (κ3) is 6.70. The molecule has 42 heavy (non-hydrogen) atoms. The molecule has 2 aromatic carbocycles. The molecular formula is C32H40N6O4. The molecule has 0 saturated carbocycles. The molecule has 10 nitrogen and oxygen atoms in total. The summed E-state index contributed by atoms with van der Waals surface area (Å²) in [5, 5.41) is 4.42. The van der Waals surface area contributed by atoms with Crippen LogP contribution in [0.2, 0.25) is 0 Å². The van der Waals surface area contributed by atoms with Gasteiger partial charge in [0, 0.05) is 85.2 Å². The van der Waals surface area contributed by atoms with Crippen LogP contribution in [-0.4, -0.2) is 67.6 Å². The Morgan fingerprint density at radius 1 is 0.714 bits per heavy atom. The molecule has 0 radical (unpaired) electrons. The second kappa shape index (κ2) is 13.5. The van der Waals surface area contributed by atoms with Crippen LogP contribution in [0.25, 0.3) is 10.9 Å². The molecule has 4 aromatic rings. The Bertz CT molecular complexity index is 1480. The standard InChI is InChI=1S/C32H40N6O4/c1-6-39-24-17-23(18-25(19-24)40-7-2)35-32-34-22(5)16-31(36-32)38-14-12-37(13-15-38)28-10-11-33-27-21-30(42-9-4)29(41-8-3)20-26(27)28/h10-11,16-21H,6-9,12-15H2,1-5H3,(H,34,35,36). The van der Waals surface area contributed by atoms with Gasteiger partial charge in [0.2, 0.25) is 5.95 Å². The average molecular weight is 573 g/mol. The lowest BCUT2D eigenvalue weighted by Crippen LogP contribution is -2.47. The predicted molar refractivity (Wildman–Crippen MR) is 167 cm³/mol. The van der Waals surface area contributed by atoms with Gasteiger partial charge < -0.3 is 34.1 Å². The Hall–Kier alpha value is -4.47. The highest BCUT2D eigenvalue weighted by atomic mass is 16.5. The molecule has 0 atom stereocenters. The number of piperazine rings is 1. The molecule has 1 aliphatic heterocycles. The summed E-state index contributed by atoms with van der Waals surface area (Å²) in [5.41, 5.74) is 3.74. The van der Waals surface area contributed by atoms with Crippen molar-refractivity contribution in [1.82, 2.24) is 15.0 Å². The molecular weight excluding hydrogens is 532 g/mol. The number of benzene rings is 2. The van der Waals surface area contributed by atoms with E-state index in [1.54, 1.807) is 0 Å². The first-order valence-corrected chi connectivity index (χ1v) is 14.7. The molecule has 1 fully saturated rings. The van der Waals surface area contributed by atoms with Gasteiger partial charge in [-0.25, -0.2) is 4.98 Å². The van der Waals surface area contributed by atoms with E-state index >= 15 is 0 Å². The van der Waals surface area contributed by atoms with Gasteiger partial charge in [-0.15, -0.1) is 0 Å². The maximum Gasteiger partial charge on any atom is 0.229 e. The fourth-order valence-electron chi connectivity index (χ4n) is 5.17. The molecule has 10 heteroatoms. The van der Waals surface area contributed by atoms with Crippen LogP contribution < -0.4 is 34.1 Å². The minimum absolute atomic E-state index is 0.539. The van der Waals surface area contributed by atoms with Crippen LogP contribution in [0, 0.1) is 6.92 Å². The summed E-state index contributed by atoms with van der Waals surface area (Å²) in [5.74, 6) is 4.38. The average Bonchev–Trinajstić information content (AvgIpc) is 2.97. The van der Waals surface area contributed by atoms with Gasteiger partial charge in [0.15, 0.2) is 11.5 Å². The number of aromatic nitrogens is 3. The lowest BCUT2D eigenvalue weighted by atomic mass is 10.1. The summed E-state index contributed by atoms with van der Waals surface area (Å²) in [4.78, 5) is 18.8. The van der Waals surface area contributed by atoms with Crippen LogP contribution in [0.3, 0.4) is 0 Å². The number of nitrogens with one attached hydrogen (secondary N) is 1. The SMILES string of the molecule is CCOc1cc(Nc2nc(C)cc(N3CCN(c4ccnc5cc(OCC)c(OCC)cc45)CC3)n2)cc(OCC)c1. The number of anilines is 4. The lowest BCUT2D eigenvalue weighted by Gasteiger charge is -2.37. The third-order valence-corrected chi connectivity index (χ3v) is 6.93. The van der Waals surface area contributed by atoms with E-state index in [2.05, 4.69) is 37.2 Å². The third-order valence-electron chi connectivity index (χ3n) is 6.93. The van der Waals surface area contributed by atoms with Crippen molar-refractivity contribution in [2.45, 2.75) is 34.6 Å². The zero-order chi connectivity index (χ0) is 29.5. The molecule has 5 rings (SSSR count). The number of rotatable bonds is 12. The van der Waals surface area contributed by atoms with Gasteiger partial charge in [-0.2, -0.15) is 4.98 Å². The Morgan fingerprint density at radius 2 is 1.33 bits per heavy atom. The van der Waals surface area contributed by atoms with Crippen molar-refractivity contribution in [2.24, 2.45) is 0 Å². The van der Waals surface area contributed by atoms with Crippen LogP contribution in [0.4, 0.5) is 23.1 Å². The maximum absolute atomic E-state index is 5.90. The summed E-state index contributed by atoms with van der Waals surface area (Å²) >= 11 is 0. The highest BCUT2D eigenvalue weighted by Crippen LogP contribution is 2.37. The van der Waals surface area contributed by atoms with E-state index in [1.165, 1.54) is 0 Å². The number of hydrogen-bond donors (Lipinski definition) is 1. The van der Waals surface area contributed by atoms with E-state index in [0.717, 1.165) is 83.0 Å². The molecule has 0 amide bonds. The Kier molecular flexibility index (Phi) is 9.31. The topological polar surface area (TPSA) is 94.1 Å². The maximum atomic E-state index is 5.90. The smallest absolute Gasteiger partial charge is 0.229 e. The largest absolute Gasteiger partial charge is 0.494 e. The molecule has 1 aliphatic rings. The minimum Gasteiger partial charge on any atom is -0.494 e. The summed E-state index contributed by atoms with van der Waals surface area (Å²) in [6.07, 6.45) is 1.86. The fourth-order valence-corrected chi connectivity index (χ4v) is 5.17.